The Morgan fingerprint density at radius 3 is 2.26 bits per heavy atom. The van der Waals surface area contributed by atoms with Crippen molar-refractivity contribution in [2.45, 2.75) is 53.5 Å². The fourth-order valence-electron chi connectivity index (χ4n) is 2.52. The Hall–Kier alpha value is -1.10. The maximum absolute atomic E-state index is 5.50. The summed E-state index contributed by atoms with van der Waals surface area (Å²) >= 11 is 0. The van der Waals surface area contributed by atoms with Gasteiger partial charge in [-0.25, -0.2) is 0 Å². The summed E-state index contributed by atoms with van der Waals surface area (Å²) in [5.74, 6) is 2.15. The van der Waals surface area contributed by atoms with Crippen molar-refractivity contribution in [1.29, 1.82) is 0 Å². The summed E-state index contributed by atoms with van der Waals surface area (Å²) in [4.78, 5) is 6.68. The minimum atomic E-state index is 0.247. The van der Waals surface area contributed by atoms with Gasteiger partial charge in [0.2, 0.25) is 5.89 Å². The lowest BCUT2D eigenvalue weighted by Crippen LogP contribution is -2.34. The van der Waals surface area contributed by atoms with Gasteiger partial charge in [0.05, 0.1) is 5.92 Å². The maximum Gasteiger partial charge on any atom is 0.266 e. The Morgan fingerprint density at radius 1 is 1.16 bits per heavy atom. The molecule has 0 aliphatic rings. The highest BCUT2D eigenvalue weighted by atomic mass is 16.5. The topological polar surface area (TPSA) is 54.2 Å². The predicted octanol–water partition coefficient (Wildman–Crippen LogP) is 2.65. The van der Waals surface area contributed by atoms with Crippen molar-refractivity contribution in [3.63, 3.8) is 0 Å². The second-order valence-electron chi connectivity index (χ2n) is 5.22. The van der Waals surface area contributed by atoms with E-state index in [-0.39, 0.29) is 5.92 Å². The Balaban J connectivity index is 2.92. The molecule has 1 aromatic heterocycles. The molecule has 0 saturated carbocycles. The third kappa shape index (κ3) is 3.93. The molecule has 1 aromatic rings. The van der Waals surface area contributed by atoms with Crippen molar-refractivity contribution in [1.82, 2.24) is 15.5 Å². The number of nitrogens with zero attached hydrogens (tertiary/aromatic N) is 3. The number of aromatic nitrogens is 2. The zero-order valence-electron chi connectivity index (χ0n) is 13.1. The van der Waals surface area contributed by atoms with Crippen LogP contribution in [-0.2, 0) is 0 Å². The second-order valence-corrected chi connectivity index (χ2v) is 5.22. The Kier molecular flexibility index (Phi) is 6.28. The van der Waals surface area contributed by atoms with Gasteiger partial charge in [0.15, 0.2) is 0 Å². The van der Waals surface area contributed by atoms with Gasteiger partial charge in [-0.05, 0) is 38.4 Å². The monoisotopic (exact) mass is 268 g/mol. The molecule has 19 heavy (non-hydrogen) atoms. The van der Waals surface area contributed by atoms with Crippen LogP contribution >= 0.6 is 0 Å². The van der Waals surface area contributed by atoms with Gasteiger partial charge in [0.1, 0.15) is 0 Å². The molecule has 0 bridgehead atoms. The average molecular weight is 268 g/mol. The SMILES string of the molecule is CCNC(C)C(c1nc(N(CC)CC)no1)C(C)C. The largest absolute Gasteiger partial charge is 0.339 e. The number of hydrogen-bond donors (Lipinski definition) is 1. The minimum absolute atomic E-state index is 0.247. The average Bonchev–Trinajstić information content (AvgIpc) is 2.80. The molecule has 0 spiro atoms. The first-order chi connectivity index (χ1) is 9.04. The number of hydrogen-bond acceptors (Lipinski definition) is 5. The molecule has 1 N–H and O–H groups in total. The van der Waals surface area contributed by atoms with Gasteiger partial charge in [-0.3, -0.25) is 0 Å². The zero-order chi connectivity index (χ0) is 14.4. The summed E-state index contributed by atoms with van der Waals surface area (Å²) in [5.41, 5.74) is 0. The molecule has 110 valence electrons. The second kappa shape index (κ2) is 7.48. The van der Waals surface area contributed by atoms with Crippen LogP contribution in [0.4, 0.5) is 5.95 Å². The molecule has 0 radical (unpaired) electrons. The van der Waals surface area contributed by atoms with Crippen molar-refractivity contribution < 1.29 is 4.52 Å². The van der Waals surface area contributed by atoms with Crippen molar-refractivity contribution in [2.75, 3.05) is 24.5 Å². The summed E-state index contributed by atoms with van der Waals surface area (Å²) in [5, 5.41) is 7.57. The molecule has 5 nitrogen and oxygen atoms in total. The predicted molar refractivity (Wildman–Crippen MR) is 78.6 cm³/mol. The molecule has 0 aromatic carbocycles. The summed E-state index contributed by atoms with van der Waals surface area (Å²) < 4.78 is 5.50. The van der Waals surface area contributed by atoms with Crippen LogP contribution in [0.15, 0.2) is 4.52 Å². The maximum atomic E-state index is 5.50. The van der Waals surface area contributed by atoms with E-state index in [1.807, 2.05) is 0 Å². The molecule has 0 aliphatic heterocycles. The molecule has 2 unspecified atom stereocenters. The Morgan fingerprint density at radius 2 is 1.79 bits per heavy atom. The van der Waals surface area contributed by atoms with Crippen LogP contribution in [0.5, 0.6) is 0 Å². The quantitative estimate of drug-likeness (QED) is 0.785. The first-order valence-electron chi connectivity index (χ1n) is 7.36. The van der Waals surface area contributed by atoms with Crippen LogP contribution in [0.25, 0.3) is 0 Å². The van der Waals surface area contributed by atoms with Crippen LogP contribution in [-0.4, -0.2) is 35.8 Å². The van der Waals surface area contributed by atoms with Gasteiger partial charge in [0, 0.05) is 19.1 Å². The molecule has 2 atom stereocenters. The van der Waals surface area contributed by atoms with Gasteiger partial charge in [-0.1, -0.05) is 20.8 Å². The molecular weight excluding hydrogens is 240 g/mol. The van der Waals surface area contributed by atoms with E-state index >= 15 is 0 Å². The third-order valence-electron chi connectivity index (χ3n) is 3.55. The van der Waals surface area contributed by atoms with Gasteiger partial charge in [-0.15, -0.1) is 0 Å². The standard InChI is InChI=1S/C14H28N4O/c1-7-15-11(6)12(10(4)5)13-16-14(17-19-13)18(8-2)9-3/h10-12,15H,7-9H2,1-6H3. The molecule has 5 heteroatoms. The smallest absolute Gasteiger partial charge is 0.266 e. The van der Waals surface area contributed by atoms with E-state index in [0.717, 1.165) is 25.5 Å². The first-order valence-corrected chi connectivity index (χ1v) is 7.36. The van der Waals surface area contributed by atoms with Gasteiger partial charge < -0.3 is 14.7 Å². The fraction of sp³-hybridized carbons (Fsp3) is 0.857. The lowest BCUT2D eigenvalue weighted by Gasteiger charge is -2.24. The van der Waals surface area contributed by atoms with Crippen molar-refractivity contribution >= 4 is 5.95 Å². The van der Waals surface area contributed by atoms with Crippen molar-refractivity contribution in [2.24, 2.45) is 5.92 Å². The minimum Gasteiger partial charge on any atom is -0.339 e. The highest BCUT2D eigenvalue weighted by molar-refractivity contribution is 5.27. The van der Waals surface area contributed by atoms with Crippen molar-refractivity contribution in [3.05, 3.63) is 5.89 Å². The molecule has 0 aliphatic carbocycles. The van der Waals surface area contributed by atoms with E-state index < -0.39 is 0 Å². The summed E-state index contributed by atoms with van der Waals surface area (Å²) in [6.45, 7) is 15.6. The van der Waals surface area contributed by atoms with E-state index in [4.69, 9.17) is 4.52 Å². The van der Waals surface area contributed by atoms with Crippen molar-refractivity contribution in [3.8, 4) is 0 Å². The van der Waals surface area contributed by atoms with Crippen LogP contribution < -0.4 is 10.2 Å². The summed E-state index contributed by atoms with van der Waals surface area (Å²) in [6.07, 6.45) is 0. The zero-order valence-corrected chi connectivity index (χ0v) is 13.1. The molecular formula is C14H28N4O. The van der Waals surface area contributed by atoms with E-state index in [9.17, 15) is 0 Å². The number of anilines is 1. The van der Waals surface area contributed by atoms with Crippen LogP contribution in [0.1, 0.15) is 53.4 Å². The molecule has 0 fully saturated rings. The lowest BCUT2D eigenvalue weighted by atomic mass is 9.89. The molecule has 0 amide bonds. The van der Waals surface area contributed by atoms with E-state index in [2.05, 4.69) is 61.9 Å². The summed E-state index contributed by atoms with van der Waals surface area (Å²) in [7, 11) is 0. The van der Waals surface area contributed by atoms with Gasteiger partial charge in [0.25, 0.3) is 5.95 Å². The lowest BCUT2D eigenvalue weighted by molar-refractivity contribution is 0.281. The van der Waals surface area contributed by atoms with E-state index in [0.29, 0.717) is 17.9 Å². The normalized spacial score (nSPS) is 14.7. The van der Waals surface area contributed by atoms with Crippen LogP contribution in [0, 0.1) is 5.92 Å². The highest BCUT2D eigenvalue weighted by Gasteiger charge is 2.28. The van der Waals surface area contributed by atoms with Crippen LogP contribution in [0.3, 0.4) is 0 Å². The fourth-order valence-corrected chi connectivity index (χ4v) is 2.52. The van der Waals surface area contributed by atoms with Gasteiger partial charge in [-0.2, -0.15) is 4.98 Å². The Labute approximate surface area is 116 Å². The Bertz CT molecular complexity index is 360. The number of rotatable bonds is 8. The number of nitrogens with one attached hydrogen (secondary N) is 1. The van der Waals surface area contributed by atoms with Crippen LogP contribution in [0.2, 0.25) is 0 Å². The highest BCUT2D eigenvalue weighted by Crippen LogP contribution is 2.28. The number of likely N-dealkylation sites (N-methyl/N-ethyl adjacent to an activating group) is 1. The molecule has 1 heterocycles. The molecule has 0 saturated heterocycles. The van der Waals surface area contributed by atoms with Gasteiger partial charge >= 0.3 is 0 Å². The molecule has 1 rings (SSSR count). The summed E-state index contributed by atoms with van der Waals surface area (Å²) in [6, 6.07) is 0.329. The van der Waals surface area contributed by atoms with E-state index in [1.54, 1.807) is 0 Å². The third-order valence-corrected chi connectivity index (χ3v) is 3.55. The first kappa shape index (κ1) is 16.0. The van der Waals surface area contributed by atoms with E-state index in [1.165, 1.54) is 0 Å².